The summed E-state index contributed by atoms with van der Waals surface area (Å²) in [5.41, 5.74) is 1.31. The predicted molar refractivity (Wildman–Crippen MR) is 76.9 cm³/mol. The standard InChI is InChI=1S/C15H24O2Si/c1-18(2,3)17-15-6-4-5-13(11-15)7-8-14-9-10-16-12-14/h9-13H,4-8H2,1-3H3. The largest absolute Gasteiger partial charge is 0.548 e. The second-order valence-electron chi connectivity index (χ2n) is 6.17. The Labute approximate surface area is 111 Å². The van der Waals surface area contributed by atoms with Gasteiger partial charge in [-0.15, -0.1) is 0 Å². The minimum Gasteiger partial charge on any atom is -0.548 e. The minimum absolute atomic E-state index is 0.681. The maximum Gasteiger partial charge on any atom is 0.241 e. The Balaban J connectivity index is 1.87. The summed E-state index contributed by atoms with van der Waals surface area (Å²) in [5.74, 6) is 1.93. The van der Waals surface area contributed by atoms with Gasteiger partial charge in [0.2, 0.25) is 8.32 Å². The van der Waals surface area contributed by atoms with E-state index in [1.54, 1.807) is 6.26 Å². The summed E-state index contributed by atoms with van der Waals surface area (Å²) in [7, 11) is -1.43. The van der Waals surface area contributed by atoms with E-state index in [2.05, 4.69) is 31.8 Å². The summed E-state index contributed by atoms with van der Waals surface area (Å²) in [4.78, 5) is 0. The summed E-state index contributed by atoms with van der Waals surface area (Å²) in [6.45, 7) is 6.76. The lowest BCUT2D eigenvalue weighted by Crippen LogP contribution is -2.26. The van der Waals surface area contributed by atoms with Gasteiger partial charge in [-0.3, -0.25) is 0 Å². The molecule has 0 N–H and O–H groups in total. The minimum atomic E-state index is -1.43. The number of rotatable bonds is 5. The van der Waals surface area contributed by atoms with Gasteiger partial charge in [0.1, 0.15) is 0 Å². The van der Waals surface area contributed by atoms with Crippen LogP contribution in [0.5, 0.6) is 0 Å². The molecule has 2 nitrogen and oxygen atoms in total. The molecule has 0 saturated carbocycles. The second kappa shape index (κ2) is 5.78. The topological polar surface area (TPSA) is 22.4 Å². The quantitative estimate of drug-likeness (QED) is 0.716. The molecule has 1 aliphatic carbocycles. The molecule has 2 rings (SSSR count). The van der Waals surface area contributed by atoms with E-state index in [-0.39, 0.29) is 0 Å². The molecule has 0 spiro atoms. The van der Waals surface area contributed by atoms with E-state index < -0.39 is 8.32 Å². The third-order valence-electron chi connectivity index (χ3n) is 3.24. The van der Waals surface area contributed by atoms with Gasteiger partial charge >= 0.3 is 0 Å². The first-order valence-electron chi connectivity index (χ1n) is 6.94. The fourth-order valence-electron chi connectivity index (χ4n) is 2.46. The molecule has 0 aliphatic heterocycles. The highest BCUT2D eigenvalue weighted by Gasteiger charge is 2.21. The molecular formula is C15H24O2Si. The van der Waals surface area contributed by atoms with Gasteiger partial charge in [0.25, 0.3) is 0 Å². The lowest BCUT2D eigenvalue weighted by atomic mass is 9.90. The normalized spacial score (nSPS) is 20.6. The average molecular weight is 264 g/mol. The molecule has 1 aromatic heterocycles. The van der Waals surface area contributed by atoms with Crippen LogP contribution in [0.3, 0.4) is 0 Å². The third kappa shape index (κ3) is 4.37. The van der Waals surface area contributed by atoms with Crippen LogP contribution in [-0.4, -0.2) is 8.32 Å². The van der Waals surface area contributed by atoms with Gasteiger partial charge < -0.3 is 8.84 Å². The van der Waals surface area contributed by atoms with Crippen molar-refractivity contribution in [2.24, 2.45) is 5.92 Å². The molecule has 1 aromatic rings. The molecule has 1 unspecified atom stereocenters. The number of furan rings is 1. The first kappa shape index (κ1) is 13.5. The van der Waals surface area contributed by atoms with Crippen LogP contribution in [0, 0.1) is 5.92 Å². The zero-order valence-corrected chi connectivity index (χ0v) is 12.7. The average Bonchev–Trinajstić information content (AvgIpc) is 2.77. The Hall–Kier alpha value is -0.963. The van der Waals surface area contributed by atoms with Crippen LogP contribution in [0.2, 0.25) is 19.6 Å². The van der Waals surface area contributed by atoms with Crippen LogP contribution < -0.4 is 0 Å². The Morgan fingerprint density at radius 2 is 2.22 bits per heavy atom. The number of aryl methyl sites for hydroxylation is 1. The maximum atomic E-state index is 6.13. The van der Waals surface area contributed by atoms with E-state index in [0.717, 1.165) is 12.8 Å². The third-order valence-corrected chi connectivity index (χ3v) is 4.12. The van der Waals surface area contributed by atoms with E-state index in [9.17, 15) is 0 Å². The maximum absolute atomic E-state index is 6.13. The van der Waals surface area contributed by atoms with Gasteiger partial charge in [-0.05, 0) is 68.9 Å². The van der Waals surface area contributed by atoms with Gasteiger partial charge in [0.15, 0.2) is 0 Å². The second-order valence-corrected chi connectivity index (χ2v) is 10.6. The smallest absolute Gasteiger partial charge is 0.241 e. The molecule has 0 radical (unpaired) electrons. The molecular weight excluding hydrogens is 240 g/mol. The van der Waals surface area contributed by atoms with Crippen molar-refractivity contribution in [3.8, 4) is 0 Å². The summed E-state index contributed by atoms with van der Waals surface area (Å²) >= 11 is 0. The summed E-state index contributed by atoms with van der Waals surface area (Å²) < 4.78 is 11.2. The monoisotopic (exact) mass is 264 g/mol. The molecule has 100 valence electrons. The van der Waals surface area contributed by atoms with E-state index in [1.807, 2.05) is 6.26 Å². The Kier molecular flexibility index (Phi) is 4.33. The van der Waals surface area contributed by atoms with Crippen LogP contribution in [0.4, 0.5) is 0 Å². The summed E-state index contributed by atoms with van der Waals surface area (Å²) in [5, 5.41) is 0. The fraction of sp³-hybridized carbons (Fsp3) is 0.600. The van der Waals surface area contributed by atoms with E-state index in [4.69, 9.17) is 8.84 Å². The fourth-order valence-corrected chi connectivity index (χ4v) is 3.42. The van der Waals surface area contributed by atoms with Crippen molar-refractivity contribution in [3.63, 3.8) is 0 Å². The van der Waals surface area contributed by atoms with Crippen molar-refractivity contribution >= 4 is 8.32 Å². The van der Waals surface area contributed by atoms with Crippen molar-refractivity contribution in [1.82, 2.24) is 0 Å². The van der Waals surface area contributed by atoms with Crippen LogP contribution in [0.1, 0.15) is 31.2 Å². The number of allylic oxidation sites excluding steroid dienone is 2. The highest BCUT2D eigenvalue weighted by Crippen LogP contribution is 2.28. The van der Waals surface area contributed by atoms with Crippen molar-refractivity contribution in [2.75, 3.05) is 0 Å². The molecule has 0 fully saturated rings. The van der Waals surface area contributed by atoms with Crippen molar-refractivity contribution in [1.29, 1.82) is 0 Å². The molecule has 0 bridgehead atoms. The molecule has 18 heavy (non-hydrogen) atoms. The SMILES string of the molecule is C[Si](C)(C)OC1=CC(CCc2ccoc2)CCC1. The van der Waals surface area contributed by atoms with E-state index >= 15 is 0 Å². The van der Waals surface area contributed by atoms with Crippen molar-refractivity contribution in [2.45, 2.75) is 51.7 Å². The van der Waals surface area contributed by atoms with Gasteiger partial charge in [0.05, 0.1) is 18.3 Å². The Bertz CT molecular complexity index is 387. The predicted octanol–water partition coefficient (Wildman–Crippen LogP) is 4.75. The van der Waals surface area contributed by atoms with Crippen molar-refractivity contribution < 1.29 is 8.84 Å². The van der Waals surface area contributed by atoms with Crippen molar-refractivity contribution in [3.05, 3.63) is 36.0 Å². The zero-order valence-electron chi connectivity index (χ0n) is 11.7. The first-order valence-corrected chi connectivity index (χ1v) is 10.3. The summed E-state index contributed by atoms with van der Waals surface area (Å²) in [6.07, 6.45) is 12.0. The first-order chi connectivity index (χ1) is 8.53. The van der Waals surface area contributed by atoms with Gasteiger partial charge in [-0.2, -0.15) is 0 Å². The molecule has 3 heteroatoms. The highest BCUT2D eigenvalue weighted by molar-refractivity contribution is 6.70. The lowest BCUT2D eigenvalue weighted by Gasteiger charge is -2.27. The molecule has 0 aromatic carbocycles. The van der Waals surface area contributed by atoms with Gasteiger partial charge in [0, 0.05) is 6.42 Å². The van der Waals surface area contributed by atoms with E-state index in [0.29, 0.717) is 5.92 Å². The zero-order chi connectivity index (χ0) is 13.0. The molecule has 1 aliphatic rings. The molecule has 0 saturated heterocycles. The highest BCUT2D eigenvalue weighted by atomic mass is 28.4. The summed E-state index contributed by atoms with van der Waals surface area (Å²) in [6, 6.07) is 2.06. The number of hydrogen-bond acceptors (Lipinski definition) is 2. The van der Waals surface area contributed by atoms with Crippen LogP contribution in [0.25, 0.3) is 0 Å². The number of hydrogen-bond donors (Lipinski definition) is 0. The lowest BCUT2D eigenvalue weighted by molar-refractivity contribution is 0.352. The van der Waals surface area contributed by atoms with Gasteiger partial charge in [-0.25, -0.2) is 0 Å². The van der Waals surface area contributed by atoms with Crippen LogP contribution in [0.15, 0.2) is 34.8 Å². The molecule has 1 heterocycles. The molecule has 1 atom stereocenters. The Morgan fingerprint density at radius 3 is 2.89 bits per heavy atom. The molecule has 0 amide bonds. The van der Waals surface area contributed by atoms with Crippen LogP contribution in [-0.2, 0) is 10.8 Å². The van der Waals surface area contributed by atoms with Crippen LogP contribution >= 0.6 is 0 Å². The van der Waals surface area contributed by atoms with E-state index in [1.165, 1.54) is 30.6 Å². The Morgan fingerprint density at radius 1 is 1.39 bits per heavy atom. The van der Waals surface area contributed by atoms with Gasteiger partial charge in [-0.1, -0.05) is 0 Å².